The summed E-state index contributed by atoms with van der Waals surface area (Å²) in [6.07, 6.45) is 2.87. The first-order valence-corrected chi connectivity index (χ1v) is 9.22. The Hall–Kier alpha value is -2.56. The summed E-state index contributed by atoms with van der Waals surface area (Å²) in [6, 6.07) is 10.0. The molecule has 1 aromatic carbocycles. The van der Waals surface area contributed by atoms with Crippen LogP contribution in [0.15, 0.2) is 34.7 Å². The van der Waals surface area contributed by atoms with Gasteiger partial charge in [-0.3, -0.25) is 4.79 Å². The summed E-state index contributed by atoms with van der Waals surface area (Å²) in [5.74, 6) is 2.83. The molecule has 0 saturated carbocycles. The summed E-state index contributed by atoms with van der Waals surface area (Å²) in [6.45, 7) is 6.41. The summed E-state index contributed by atoms with van der Waals surface area (Å²) in [7, 11) is 0. The lowest BCUT2D eigenvalue weighted by Gasteiger charge is -2.34. The monoisotopic (exact) mass is 351 g/mol. The Morgan fingerprint density at radius 1 is 1.38 bits per heavy atom. The third kappa shape index (κ3) is 3.39. The molecule has 2 heterocycles. The van der Waals surface area contributed by atoms with E-state index in [0.29, 0.717) is 12.8 Å². The molecular weight excluding hydrogens is 326 g/mol. The van der Waals surface area contributed by atoms with Gasteiger partial charge in [-0.05, 0) is 37.0 Å². The molecule has 3 aromatic rings. The van der Waals surface area contributed by atoms with Crippen molar-refractivity contribution < 1.29 is 9.21 Å². The topological polar surface area (TPSA) is 70.9 Å². The van der Waals surface area contributed by atoms with Gasteiger partial charge in [0.05, 0.1) is 17.1 Å². The molecule has 1 unspecified atom stereocenters. The third-order valence-electron chi connectivity index (χ3n) is 5.10. The van der Waals surface area contributed by atoms with Crippen LogP contribution in [-0.2, 0) is 17.6 Å². The van der Waals surface area contributed by atoms with Crippen LogP contribution in [0.25, 0.3) is 11.0 Å². The zero-order chi connectivity index (χ0) is 18.3. The van der Waals surface area contributed by atoms with Crippen LogP contribution < -0.4 is 5.32 Å². The molecule has 5 nitrogen and oxygen atoms in total. The number of aryl methyl sites for hydroxylation is 2. The highest BCUT2D eigenvalue weighted by Crippen LogP contribution is 2.42. The number of H-pyrrole nitrogens is 1. The van der Waals surface area contributed by atoms with Crippen LogP contribution in [0, 0.1) is 12.3 Å². The van der Waals surface area contributed by atoms with Gasteiger partial charge >= 0.3 is 0 Å². The van der Waals surface area contributed by atoms with Crippen LogP contribution >= 0.6 is 0 Å². The van der Waals surface area contributed by atoms with Gasteiger partial charge in [0.15, 0.2) is 0 Å². The fourth-order valence-corrected chi connectivity index (χ4v) is 3.94. The van der Waals surface area contributed by atoms with Crippen LogP contribution in [0.1, 0.15) is 55.6 Å². The fourth-order valence-electron chi connectivity index (χ4n) is 3.94. The first kappa shape index (κ1) is 16.9. The first-order chi connectivity index (χ1) is 12.4. The van der Waals surface area contributed by atoms with Gasteiger partial charge in [-0.1, -0.05) is 26.0 Å². The number of hydrogen-bond donors (Lipinski definition) is 2. The van der Waals surface area contributed by atoms with E-state index in [1.807, 2.05) is 31.2 Å². The Labute approximate surface area is 153 Å². The molecule has 1 amide bonds. The number of rotatable bonds is 4. The van der Waals surface area contributed by atoms with Crippen molar-refractivity contribution in [3.63, 3.8) is 0 Å². The molecule has 26 heavy (non-hydrogen) atoms. The van der Waals surface area contributed by atoms with E-state index in [9.17, 15) is 4.79 Å². The highest BCUT2D eigenvalue weighted by atomic mass is 16.3. The number of aromatic nitrogens is 2. The van der Waals surface area contributed by atoms with Crippen molar-refractivity contribution >= 4 is 16.9 Å². The molecule has 0 aliphatic heterocycles. The van der Waals surface area contributed by atoms with Crippen LogP contribution in [0.3, 0.4) is 0 Å². The first-order valence-electron chi connectivity index (χ1n) is 9.22. The molecule has 5 heteroatoms. The number of benzene rings is 1. The Bertz CT molecular complexity index is 918. The second kappa shape index (κ2) is 6.31. The highest BCUT2D eigenvalue weighted by molar-refractivity contribution is 5.77. The van der Waals surface area contributed by atoms with Gasteiger partial charge < -0.3 is 14.7 Å². The average molecular weight is 351 g/mol. The highest BCUT2D eigenvalue weighted by Gasteiger charge is 2.35. The van der Waals surface area contributed by atoms with E-state index in [4.69, 9.17) is 4.42 Å². The van der Waals surface area contributed by atoms with Crippen molar-refractivity contribution in [1.82, 2.24) is 15.3 Å². The van der Waals surface area contributed by atoms with E-state index in [1.54, 1.807) is 0 Å². The second-order valence-corrected chi connectivity index (χ2v) is 8.10. The standard InChI is InChI=1S/C21H25N3O2/c1-13-10-14-17(11-21(2,3)12-18(14)26-13)24-20(25)9-8-19-22-15-6-4-5-7-16(15)23-19/h4-7,10,17H,8-9,11-12H2,1-3H3,(H,22,23)(H,24,25). The zero-order valence-corrected chi connectivity index (χ0v) is 15.6. The molecule has 0 saturated heterocycles. The third-order valence-corrected chi connectivity index (χ3v) is 5.10. The minimum absolute atomic E-state index is 0.0226. The molecule has 0 radical (unpaired) electrons. The van der Waals surface area contributed by atoms with Gasteiger partial charge in [0.1, 0.15) is 17.3 Å². The van der Waals surface area contributed by atoms with Gasteiger partial charge in [-0.25, -0.2) is 4.98 Å². The normalized spacial score (nSPS) is 18.7. The van der Waals surface area contributed by atoms with E-state index in [0.717, 1.165) is 46.8 Å². The Kier molecular flexibility index (Phi) is 4.10. The van der Waals surface area contributed by atoms with Crippen molar-refractivity contribution in [3.8, 4) is 0 Å². The number of hydrogen-bond acceptors (Lipinski definition) is 3. The van der Waals surface area contributed by atoms with Crippen molar-refractivity contribution in [2.45, 2.75) is 52.5 Å². The summed E-state index contributed by atoms with van der Waals surface area (Å²) < 4.78 is 5.85. The molecule has 0 spiro atoms. The number of nitrogens with one attached hydrogen (secondary N) is 2. The van der Waals surface area contributed by atoms with Crippen LogP contribution in [-0.4, -0.2) is 15.9 Å². The van der Waals surface area contributed by atoms with Gasteiger partial charge in [0.25, 0.3) is 0 Å². The van der Waals surface area contributed by atoms with E-state index in [2.05, 4.69) is 35.2 Å². The Morgan fingerprint density at radius 3 is 3.00 bits per heavy atom. The number of nitrogens with zero attached hydrogens (tertiary/aromatic N) is 1. The van der Waals surface area contributed by atoms with E-state index >= 15 is 0 Å². The molecule has 136 valence electrons. The van der Waals surface area contributed by atoms with Gasteiger partial charge in [-0.2, -0.15) is 0 Å². The molecule has 1 atom stereocenters. The quantitative estimate of drug-likeness (QED) is 0.739. The number of furan rings is 1. The Morgan fingerprint density at radius 2 is 2.19 bits per heavy atom. The van der Waals surface area contributed by atoms with Crippen molar-refractivity contribution in [2.75, 3.05) is 0 Å². The average Bonchev–Trinajstić information content (AvgIpc) is 3.14. The molecule has 1 aliphatic rings. The largest absolute Gasteiger partial charge is 0.466 e. The molecule has 2 aromatic heterocycles. The van der Waals surface area contributed by atoms with Crippen molar-refractivity contribution in [2.24, 2.45) is 5.41 Å². The van der Waals surface area contributed by atoms with Gasteiger partial charge in [0.2, 0.25) is 5.91 Å². The molecule has 2 N–H and O–H groups in total. The van der Waals surface area contributed by atoms with E-state index in [1.165, 1.54) is 0 Å². The number of imidazole rings is 1. The SMILES string of the molecule is Cc1cc2c(o1)CC(C)(C)CC2NC(=O)CCc1nc2ccccc2[nH]1. The lowest BCUT2D eigenvalue weighted by Crippen LogP contribution is -2.36. The number of carbonyl (C=O) groups excluding carboxylic acids is 1. The maximum atomic E-state index is 12.5. The number of carbonyl (C=O) groups is 1. The molecular formula is C21H25N3O2. The maximum absolute atomic E-state index is 12.5. The van der Waals surface area contributed by atoms with Crippen molar-refractivity contribution in [3.05, 3.63) is 53.2 Å². The zero-order valence-electron chi connectivity index (χ0n) is 15.6. The predicted octanol–water partition coefficient (Wildman–Crippen LogP) is 4.23. The lowest BCUT2D eigenvalue weighted by molar-refractivity contribution is -0.122. The second-order valence-electron chi connectivity index (χ2n) is 8.10. The Balaban J connectivity index is 1.43. The van der Waals surface area contributed by atoms with Crippen LogP contribution in [0.5, 0.6) is 0 Å². The lowest BCUT2D eigenvalue weighted by atomic mass is 9.74. The van der Waals surface area contributed by atoms with Crippen LogP contribution in [0.4, 0.5) is 0 Å². The molecule has 0 bridgehead atoms. The summed E-state index contributed by atoms with van der Waals surface area (Å²) in [5, 5.41) is 3.21. The summed E-state index contributed by atoms with van der Waals surface area (Å²) in [4.78, 5) is 20.4. The molecule has 0 fully saturated rings. The number of aromatic amines is 1. The van der Waals surface area contributed by atoms with Crippen molar-refractivity contribution in [1.29, 1.82) is 0 Å². The number of fused-ring (bicyclic) bond motifs is 2. The van der Waals surface area contributed by atoms with Crippen LogP contribution in [0.2, 0.25) is 0 Å². The molecule has 4 rings (SSSR count). The minimum Gasteiger partial charge on any atom is -0.466 e. The summed E-state index contributed by atoms with van der Waals surface area (Å²) in [5.41, 5.74) is 3.21. The number of amides is 1. The smallest absolute Gasteiger partial charge is 0.220 e. The van der Waals surface area contributed by atoms with E-state index in [-0.39, 0.29) is 17.4 Å². The van der Waals surface area contributed by atoms with E-state index < -0.39 is 0 Å². The van der Waals surface area contributed by atoms with Gasteiger partial charge in [-0.15, -0.1) is 0 Å². The maximum Gasteiger partial charge on any atom is 0.220 e. The molecule has 1 aliphatic carbocycles. The summed E-state index contributed by atoms with van der Waals surface area (Å²) >= 11 is 0. The minimum atomic E-state index is 0.0226. The van der Waals surface area contributed by atoms with Gasteiger partial charge in [0, 0.05) is 24.8 Å². The fraction of sp³-hybridized carbons (Fsp3) is 0.429. The number of para-hydroxylation sites is 2. The predicted molar refractivity (Wildman–Crippen MR) is 101 cm³/mol.